The number of carbonyl (C=O) groups is 1. The van der Waals surface area contributed by atoms with E-state index >= 15 is 0 Å². The third kappa shape index (κ3) is 3.45. The SMILES string of the molecule is COc1cc2c(cc1OC)[C@]13C[C@H](OC)[C@H](O[Si](C)(C)C(C)(C)C)C=C1CCN3CC2=O. The van der Waals surface area contributed by atoms with Crippen LogP contribution in [0.5, 0.6) is 11.5 Å². The molecule has 7 heteroatoms. The first kappa shape index (κ1) is 23.5. The van der Waals surface area contributed by atoms with Gasteiger partial charge in [-0.2, -0.15) is 0 Å². The number of methoxy groups -OCH3 is 3. The summed E-state index contributed by atoms with van der Waals surface area (Å²) in [5, 5.41) is 0.119. The molecule has 1 aromatic carbocycles. The highest BCUT2D eigenvalue weighted by Crippen LogP contribution is 2.55. The first-order valence-corrected chi connectivity index (χ1v) is 14.4. The summed E-state index contributed by atoms with van der Waals surface area (Å²) in [5.74, 6) is 1.36. The summed E-state index contributed by atoms with van der Waals surface area (Å²) < 4.78 is 24.0. The molecule has 3 aliphatic rings. The Balaban J connectivity index is 1.84. The van der Waals surface area contributed by atoms with Gasteiger partial charge >= 0.3 is 0 Å². The Labute approximate surface area is 193 Å². The lowest BCUT2D eigenvalue weighted by atomic mass is 9.70. The lowest BCUT2D eigenvalue weighted by molar-refractivity contribution is -0.0283. The summed E-state index contributed by atoms with van der Waals surface area (Å²) in [4.78, 5) is 15.4. The summed E-state index contributed by atoms with van der Waals surface area (Å²) in [6, 6.07) is 3.84. The molecule has 6 nitrogen and oxygen atoms in total. The summed E-state index contributed by atoms with van der Waals surface area (Å²) in [7, 11) is 3.03. The van der Waals surface area contributed by atoms with E-state index in [4.69, 9.17) is 18.6 Å². The van der Waals surface area contributed by atoms with Gasteiger partial charge in [0.15, 0.2) is 25.6 Å². The van der Waals surface area contributed by atoms with Gasteiger partial charge in [-0.1, -0.05) is 26.8 Å². The number of ketones is 1. The van der Waals surface area contributed by atoms with E-state index in [1.165, 1.54) is 5.57 Å². The second kappa shape index (κ2) is 7.97. The van der Waals surface area contributed by atoms with Crippen LogP contribution in [0.4, 0.5) is 0 Å². The van der Waals surface area contributed by atoms with Crippen molar-refractivity contribution in [2.45, 2.75) is 69.5 Å². The minimum absolute atomic E-state index is 0.0808. The Kier molecular flexibility index (Phi) is 5.85. The van der Waals surface area contributed by atoms with Crippen LogP contribution in [0.3, 0.4) is 0 Å². The number of hydrogen-bond acceptors (Lipinski definition) is 6. The highest BCUT2D eigenvalue weighted by molar-refractivity contribution is 6.74. The van der Waals surface area contributed by atoms with E-state index in [1.807, 2.05) is 12.1 Å². The zero-order chi connectivity index (χ0) is 23.5. The number of carbonyl (C=O) groups excluding carboxylic acids is 1. The lowest BCUT2D eigenvalue weighted by Gasteiger charge is -2.50. The molecule has 1 spiro atoms. The summed E-state index contributed by atoms with van der Waals surface area (Å²) in [6.07, 6.45) is 3.80. The highest BCUT2D eigenvalue weighted by Gasteiger charge is 2.56. The standard InChI is InChI=1S/C25H37NO5Si/c1-24(2,3)32(7,8)31-22-11-16-9-10-26-15-19(27)17-12-20(28-4)21(29-5)13-18(17)25(16,26)14-23(22)30-6/h11-13,22-23H,9-10,14-15H2,1-8H3/t22-,23+,25+/m1/s1. The molecule has 0 bridgehead atoms. The van der Waals surface area contributed by atoms with Crippen molar-refractivity contribution in [1.29, 1.82) is 0 Å². The van der Waals surface area contributed by atoms with Gasteiger partial charge in [0, 0.05) is 25.6 Å². The van der Waals surface area contributed by atoms with Crippen molar-refractivity contribution in [3.05, 3.63) is 34.9 Å². The number of nitrogens with zero attached hydrogens (tertiary/aromatic N) is 1. The molecule has 1 aliphatic carbocycles. The van der Waals surface area contributed by atoms with Gasteiger partial charge in [-0.15, -0.1) is 0 Å². The second-order valence-corrected chi connectivity index (χ2v) is 15.5. The fourth-order valence-corrected chi connectivity index (χ4v) is 6.53. The minimum Gasteiger partial charge on any atom is -0.493 e. The smallest absolute Gasteiger partial charge is 0.193 e. The molecular formula is C25H37NO5Si. The van der Waals surface area contributed by atoms with Crippen LogP contribution in [0.2, 0.25) is 18.1 Å². The van der Waals surface area contributed by atoms with Crippen molar-refractivity contribution in [2.24, 2.45) is 0 Å². The highest BCUT2D eigenvalue weighted by atomic mass is 28.4. The van der Waals surface area contributed by atoms with E-state index in [0.717, 1.165) is 30.5 Å². The molecule has 0 N–H and O–H groups in total. The zero-order valence-electron chi connectivity index (χ0n) is 20.7. The molecule has 1 aromatic rings. The van der Waals surface area contributed by atoms with E-state index in [2.05, 4.69) is 44.8 Å². The van der Waals surface area contributed by atoms with Crippen LogP contribution in [0.25, 0.3) is 0 Å². The number of benzene rings is 1. The molecule has 1 fully saturated rings. The Bertz CT molecular complexity index is 950. The molecule has 3 atom stereocenters. The summed E-state index contributed by atoms with van der Waals surface area (Å²) in [6.45, 7) is 12.6. The molecular weight excluding hydrogens is 422 g/mol. The van der Waals surface area contributed by atoms with Gasteiger partial charge in [0.2, 0.25) is 0 Å². The van der Waals surface area contributed by atoms with Crippen molar-refractivity contribution >= 4 is 14.1 Å². The largest absolute Gasteiger partial charge is 0.493 e. The van der Waals surface area contributed by atoms with Gasteiger partial charge in [0.05, 0.1) is 38.5 Å². The Hall–Kier alpha value is -1.67. The summed E-state index contributed by atoms with van der Waals surface area (Å²) in [5.41, 5.74) is 2.69. The average Bonchev–Trinajstić information content (AvgIpc) is 3.09. The topological polar surface area (TPSA) is 57.2 Å². The van der Waals surface area contributed by atoms with Crippen LogP contribution in [-0.4, -0.2) is 65.6 Å². The summed E-state index contributed by atoms with van der Waals surface area (Å²) >= 11 is 0. The third-order valence-electron chi connectivity index (χ3n) is 8.09. The van der Waals surface area contributed by atoms with Crippen LogP contribution in [-0.2, 0) is 14.7 Å². The molecule has 176 valence electrons. The predicted molar refractivity (Wildman–Crippen MR) is 127 cm³/mol. The fraction of sp³-hybridized carbons (Fsp3) is 0.640. The first-order valence-electron chi connectivity index (χ1n) is 11.4. The minimum atomic E-state index is -1.98. The van der Waals surface area contributed by atoms with Gasteiger partial charge in [-0.3, -0.25) is 9.69 Å². The van der Waals surface area contributed by atoms with Gasteiger partial charge in [0.25, 0.3) is 0 Å². The number of fused-ring (bicyclic) bond motifs is 1. The van der Waals surface area contributed by atoms with Crippen molar-refractivity contribution < 1.29 is 23.4 Å². The first-order chi connectivity index (χ1) is 15.0. The monoisotopic (exact) mass is 459 g/mol. The van der Waals surface area contributed by atoms with E-state index in [9.17, 15) is 4.79 Å². The molecule has 0 radical (unpaired) electrons. The van der Waals surface area contributed by atoms with Crippen molar-refractivity contribution in [3.8, 4) is 11.5 Å². The van der Waals surface area contributed by atoms with Crippen LogP contribution < -0.4 is 9.47 Å². The van der Waals surface area contributed by atoms with E-state index in [0.29, 0.717) is 18.0 Å². The fourth-order valence-electron chi connectivity index (χ4n) is 5.27. The molecule has 2 aliphatic heterocycles. The molecule has 1 saturated heterocycles. The molecule has 0 amide bonds. The third-order valence-corrected chi connectivity index (χ3v) is 12.6. The van der Waals surface area contributed by atoms with E-state index in [1.54, 1.807) is 21.3 Å². The Morgan fingerprint density at radius 2 is 1.75 bits per heavy atom. The van der Waals surface area contributed by atoms with E-state index < -0.39 is 8.32 Å². The maximum absolute atomic E-state index is 13.1. The molecule has 0 unspecified atom stereocenters. The zero-order valence-corrected chi connectivity index (χ0v) is 21.7. The quantitative estimate of drug-likeness (QED) is 0.476. The van der Waals surface area contributed by atoms with Crippen LogP contribution in [0, 0.1) is 0 Å². The van der Waals surface area contributed by atoms with Gasteiger partial charge in [-0.25, -0.2) is 0 Å². The number of Topliss-reactive ketones (excluding diaryl/α,β-unsaturated/α-hetero) is 1. The molecule has 32 heavy (non-hydrogen) atoms. The maximum atomic E-state index is 13.1. The van der Waals surface area contributed by atoms with Crippen molar-refractivity contribution in [2.75, 3.05) is 34.4 Å². The molecule has 0 aromatic heterocycles. The second-order valence-electron chi connectivity index (χ2n) is 10.7. The molecule has 4 rings (SSSR count). The number of ether oxygens (including phenoxy) is 3. The van der Waals surface area contributed by atoms with Gasteiger partial charge < -0.3 is 18.6 Å². The molecule has 0 saturated carbocycles. The van der Waals surface area contributed by atoms with Crippen LogP contribution in [0.1, 0.15) is 49.5 Å². The Morgan fingerprint density at radius 1 is 1.09 bits per heavy atom. The normalized spacial score (nSPS) is 28.0. The van der Waals surface area contributed by atoms with Crippen LogP contribution >= 0.6 is 0 Å². The Morgan fingerprint density at radius 3 is 2.34 bits per heavy atom. The van der Waals surface area contributed by atoms with Gasteiger partial charge in [0.1, 0.15) is 0 Å². The predicted octanol–water partition coefficient (Wildman–Crippen LogP) is 4.54. The average molecular weight is 460 g/mol. The number of hydrogen-bond donors (Lipinski definition) is 0. The molecule has 2 heterocycles. The van der Waals surface area contributed by atoms with E-state index in [-0.39, 0.29) is 28.6 Å². The number of rotatable bonds is 5. The lowest BCUT2D eigenvalue weighted by Crippen LogP contribution is -2.56. The van der Waals surface area contributed by atoms with Crippen molar-refractivity contribution in [3.63, 3.8) is 0 Å². The van der Waals surface area contributed by atoms with Gasteiger partial charge in [-0.05, 0) is 47.8 Å². The van der Waals surface area contributed by atoms with Crippen LogP contribution in [0.15, 0.2) is 23.8 Å². The van der Waals surface area contributed by atoms with Crippen molar-refractivity contribution in [1.82, 2.24) is 4.90 Å². The maximum Gasteiger partial charge on any atom is 0.193 e.